The molecule has 8 rings (SSSR count). The molecule has 1 aromatic heterocycles. The summed E-state index contributed by atoms with van der Waals surface area (Å²) in [6.45, 7) is 0. The zero-order valence-electron chi connectivity index (χ0n) is 26.1. The van der Waals surface area contributed by atoms with Gasteiger partial charge in [-0.25, -0.2) is 0 Å². The van der Waals surface area contributed by atoms with Crippen LogP contribution in [-0.2, 0) is 0 Å². The molecule has 0 aliphatic carbocycles. The Kier molecular flexibility index (Phi) is 7.27. The van der Waals surface area contributed by atoms with Crippen molar-refractivity contribution in [3.05, 3.63) is 187 Å². The molecule has 3 nitrogen and oxygen atoms in total. The van der Waals surface area contributed by atoms with Gasteiger partial charge >= 0.3 is 0 Å². The van der Waals surface area contributed by atoms with E-state index in [1.165, 1.54) is 20.7 Å². The van der Waals surface area contributed by atoms with Gasteiger partial charge in [0.25, 0.3) is 0 Å². The van der Waals surface area contributed by atoms with E-state index in [2.05, 4.69) is 150 Å². The topological polar surface area (TPSA) is 52.5 Å². The largest absolute Gasteiger partial charge is 0.309 e. The molecule has 0 N–H and O–H groups in total. The summed E-state index contributed by atoms with van der Waals surface area (Å²) >= 11 is 0. The highest BCUT2D eigenvalue weighted by atomic mass is 28.3. The molecular formula is C44H29N3Si. The molecule has 0 aliphatic heterocycles. The lowest BCUT2D eigenvalue weighted by Gasteiger charge is -2.34. The van der Waals surface area contributed by atoms with E-state index in [1.54, 1.807) is 0 Å². The van der Waals surface area contributed by atoms with Crippen LogP contribution >= 0.6 is 0 Å². The van der Waals surface area contributed by atoms with Gasteiger partial charge < -0.3 is 4.57 Å². The van der Waals surface area contributed by atoms with E-state index in [0.717, 1.165) is 38.6 Å². The first kappa shape index (κ1) is 29.0. The summed E-state index contributed by atoms with van der Waals surface area (Å²) in [5.41, 5.74) is 6.17. The molecule has 0 spiro atoms. The molecule has 0 aliphatic rings. The Balaban J connectivity index is 1.31. The average molecular weight is 628 g/mol. The summed E-state index contributed by atoms with van der Waals surface area (Å²) in [6.07, 6.45) is 0. The van der Waals surface area contributed by atoms with Crippen molar-refractivity contribution < 1.29 is 0 Å². The molecule has 0 unspecified atom stereocenters. The lowest BCUT2D eigenvalue weighted by molar-refractivity contribution is 1.18. The van der Waals surface area contributed by atoms with Crippen LogP contribution in [0.5, 0.6) is 0 Å². The fourth-order valence-electron chi connectivity index (χ4n) is 7.27. The molecule has 8 aromatic rings. The molecule has 7 aromatic carbocycles. The number of benzene rings is 7. The third kappa shape index (κ3) is 4.72. The molecular weight excluding hydrogens is 599 g/mol. The number of nitriles is 2. The van der Waals surface area contributed by atoms with Crippen LogP contribution in [-0.4, -0.2) is 12.6 Å². The molecule has 4 heteroatoms. The second-order valence-corrected chi connectivity index (χ2v) is 15.8. The van der Waals surface area contributed by atoms with Gasteiger partial charge in [0.05, 0.1) is 34.3 Å². The minimum Gasteiger partial charge on any atom is -0.309 e. The zero-order valence-corrected chi connectivity index (χ0v) is 27.1. The summed E-state index contributed by atoms with van der Waals surface area (Å²) in [5, 5.41) is 27.1. The van der Waals surface area contributed by atoms with Gasteiger partial charge in [0.1, 0.15) is 0 Å². The maximum atomic E-state index is 10.2. The van der Waals surface area contributed by atoms with Crippen molar-refractivity contribution in [2.45, 2.75) is 0 Å². The Hall–Kier alpha value is -6.46. The first-order valence-electron chi connectivity index (χ1n) is 16.0. The van der Waals surface area contributed by atoms with Crippen LogP contribution in [0, 0.1) is 22.7 Å². The van der Waals surface area contributed by atoms with Crippen molar-refractivity contribution >= 4 is 50.6 Å². The standard InChI is InChI=1S/C44H29N3Si/c45-30-32-20-25-44-42(28-32)41-18-10-11-19-43(41)47(44)36-27-33(31-46)26-35(29-36)34-21-23-40(24-22-34)48(37-12-4-1-5-13-37,38-14-6-2-7-15-38)39-16-8-3-9-17-39/h1-29H. The first-order valence-corrected chi connectivity index (χ1v) is 18.0. The van der Waals surface area contributed by atoms with Crippen molar-refractivity contribution in [3.8, 4) is 29.0 Å². The number of para-hydroxylation sites is 1. The van der Waals surface area contributed by atoms with Crippen LogP contribution in [0.1, 0.15) is 11.1 Å². The highest BCUT2D eigenvalue weighted by molar-refractivity contribution is 7.19. The third-order valence-corrected chi connectivity index (χ3v) is 14.2. The number of hydrogen-bond acceptors (Lipinski definition) is 2. The molecule has 224 valence electrons. The Morgan fingerprint density at radius 3 is 1.50 bits per heavy atom. The van der Waals surface area contributed by atoms with Crippen LogP contribution in [0.2, 0.25) is 0 Å². The van der Waals surface area contributed by atoms with Crippen LogP contribution in [0.3, 0.4) is 0 Å². The number of fused-ring (bicyclic) bond motifs is 3. The van der Waals surface area contributed by atoms with Gasteiger partial charge in [-0.15, -0.1) is 0 Å². The molecule has 1 heterocycles. The van der Waals surface area contributed by atoms with Gasteiger partial charge in [-0.3, -0.25) is 0 Å². The number of rotatable bonds is 6. The molecule has 0 atom stereocenters. The van der Waals surface area contributed by atoms with Crippen molar-refractivity contribution in [3.63, 3.8) is 0 Å². The number of hydrogen-bond donors (Lipinski definition) is 0. The second kappa shape index (κ2) is 12.0. The maximum Gasteiger partial charge on any atom is 0.179 e. The second-order valence-electron chi connectivity index (χ2n) is 12.0. The highest BCUT2D eigenvalue weighted by Crippen LogP contribution is 2.34. The molecule has 0 amide bonds. The van der Waals surface area contributed by atoms with Crippen molar-refractivity contribution in [1.29, 1.82) is 10.5 Å². The summed E-state index contributed by atoms with van der Waals surface area (Å²) in [5.74, 6) is 0. The minimum atomic E-state index is -2.64. The number of nitrogens with zero attached hydrogens (tertiary/aromatic N) is 3. The monoisotopic (exact) mass is 627 g/mol. The van der Waals surface area contributed by atoms with E-state index in [4.69, 9.17) is 0 Å². The Morgan fingerprint density at radius 1 is 0.396 bits per heavy atom. The Morgan fingerprint density at radius 2 is 0.917 bits per heavy atom. The molecule has 0 bridgehead atoms. The molecule has 0 radical (unpaired) electrons. The highest BCUT2D eigenvalue weighted by Gasteiger charge is 2.41. The van der Waals surface area contributed by atoms with E-state index < -0.39 is 8.07 Å². The van der Waals surface area contributed by atoms with Gasteiger partial charge in [-0.2, -0.15) is 10.5 Å². The Labute approximate surface area is 280 Å². The van der Waals surface area contributed by atoms with Crippen LogP contribution in [0.15, 0.2) is 176 Å². The third-order valence-electron chi connectivity index (χ3n) is 9.38. The molecule has 0 fully saturated rings. The zero-order chi connectivity index (χ0) is 32.5. The van der Waals surface area contributed by atoms with Gasteiger partial charge in [0, 0.05) is 16.5 Å². The van der Waals surface area contributed by atoms with Crippen molar-refractivity contribution in [2.24, 2.45) is 0 Å². The average Bonchev–Trinajstić information content (AvgIpc) is 3.50. The Bertz CT molecular complexity index is 2410. The van der Waals surface area contributed by atoms with Gasteiger partial charge in [0.15, 0.2) is 8.07 Å². The van der Waals surface area contributed by atoms with Crippen molar-refractivity contribution in [2.75, 3.05) is 0 Å². The fraction of sp³-hybridized carbons (Fsp3) is 0. The van der Waals surface area contributed by atoms with Crippen molar-refractivity contribution in [1.82, 2.24) is 4.57 Å². The van der Waals surface area contributed by atoms with E-state index in [-0.39, 0.29) is 0 Å². The van der Waals surface area contributed by atoms with Gasteiger partial charge in [-0.1, -0.05) is 133 Å². The lowest BCUT2D eigenvalue weighted by atomic mass is 10.0. The van der Waals surface area contributed by atoms with Crippen LogP contribution in [0.4, 0.5) is 0 Å². The van der Waals surface area contributed by atoms with E-state index >= 15 is 0 Å². The smallest absolute Gasteiger partial charge is 0.179 e. The summed E-state index contributed by atoms with van der Waals surface area (Å²) in [4.78, 5) is 0. The minimum absolute atomic E-state index is 0.590. The van der Waals surface area contributed by atoms with E-state index in [9.17, 15) is 10.5 Å². The SMILES string of the molecule is N#Cc1cc(-c2ccc([Si](c3ccccc3)(c3ccccc3)c3ccccc3)cc2)cc(-n2c3ccccc3c3cc(C#N)ccc32)c1. The number of aromatic nitrogens is 1. The predicted molar refractivity (Wildman–Crippen MR) is 199 cm³/mol. The quantitative estimate of drug-likeness (QED) is 0.141. The predicted octanol–water partition coefficient (Wildman–Crippen LogP) is 7.57. The summed E-state index contributed by atoms with van der Waals surface area (Å²) in [6, 6.07) is 66.5. The fourth-order valence-corrected chi connectivity index (χ4v) is 12.0. The maximum absolute atomic E-state index is 10.2. The summed E-state index contributed by atoms with van der Waals surface area (Å²) < 4.78 is 2.20. The molecule has 48 heavy (non-hydrogen) atoms. The lowest BCUT2D eigenvalue weighted by Crippen LogP contribution is -2.74. The van der Waals surface area contributed by atoms with Crippen LogP contribution in [0.25, 0.3) is 38.6 Å². The van der Waals surface area contributed by atoms with Crippen LogP contribution < -0.4 is 20.7 Å². The van der Waals surface area contributed by atoms with E-state index in [0.29, 0.717) is 11.1 Å². The normalized spacial score (nSPS) is 11.3. The first-order chi connectivity index (χ1) is 23.7. The van der Waals surface area contributed by atoms with E-state index in [1.807, 2.05) is 42.5 Å². The van der Waals surface area contributed by atoms with Gasteiger partial charge in [0.2, 0.25) is 0 Å². The molecule has 0 saturated heterocycles. The summed E-state index contributed by atoms with van der Waals surface area (Å²) in [7, 11) is -2.64. The molecule has 0 saturated carbocycles. The van der Waals surface area contributed by atoms with Gasteiger partial charge in [-0.05, 0) is 74.3 Å².